The lowest BCUT2D eigenvalue weighted by Crippen LogP contribution is -2.41. The normalized spacial score (nSPS) is 12.7. The minimum absolute atomic E-state index is 0.111. The standard InChI is InChI=1S/C12H15NO5S2/c1-8-3-5-10(6-4-8)20(17,18)19-7-11(12(15)16)13-9(2)14/h3-6,11H,7H2,1-2H3,(H,13,14)(H,15,16). The summed E-state index contributed by atoms with van der Waals surface area (Å²) in [7, 11) is -3.15. The van der Waals surface area contributed by atoms with Crippen LogP contribution in [-0.2, 0) is 18.5 Å². The number of amides is 1. The Bertz CT molecular complexity index is 595. The molecule has 1 amide bonds. The first-order valence-electron chi connectivity index (χ1n) is 5.68. The zero-order valence-electron chi connectivity index (χ0n) is 11.0. The first-order chi connectivity index (χ1) is 9.22. The van der Waals surface area contributed by atoms with Crippen LogP contribution < -0.4 is 5.32 Å². The number of carboxylic acids is 1. The van der Waals surface area contributed by atoms with E-state index in [1.807, 2.05) is 6.92 Å². The van der Waals surface area contributed by atoms with Crippen molar-refractivity contribution in [3.8, 4) is 0 Å². The van der Waals surface area contributed by atoms with Crippen LogP contribution in [0.15, 0.2) is 29.2 Å². The van der Waals surface area contributed by atoms with E-state index in [2.05, 4.69) is 5.32 Å². The van der Waals surface area contributed by atoms with Crippen LogP contribution in [0, 0.1) is 6.92 Å². The molecule has 2 N–H and O–H groups in total. The van der Waals surface area contributed by atoms with E-state index in [-0.39, 0.29) is 10.6 Å². The second-order valence-corrected chi connectivity index (χ2v) is 8.12. The molecule has 0 aliphatic carbocycles. The zero-order valence-corrected chi connectivity index (χ0v) is 12.6. The van der Waals surface area contributed by atoms with Gasteiger partial charge in [0.1, 0.15) is 6.04 Å². The fraction of sp³-hybridized carbons (Fsp3) is 0.333. The molecule has 0 aromatic heterocycles. The van der Waals surface area contributed by atoms with Crippen molar-refractivity contribution in [2.45, 2.75) is 24.8 Å². The SMILES string of the molecule is CC(=O)NC(CSS(=O)(=O)c1ccc(C)cc1)C(=O)O. The molecule has 0 saturated carbocycles. The fourth-order valence-corrected chi connectivity index (χ4v) is 4.18. The Morgan fingerprint density at radius 3 is 2.30 bits per heavy atom. The van der Waals surface area contributed by atoms with E-state index in [1.165, 1.54) is 19.1 Å². The van der Waals surface area contributed by atoms with Crippen molar-refractivity contribution >= 4 is 31.5 Å². The molecule has 0 fully saturated rings. The number of carboxylic acid groups (broad SMARTS) is 1. The van der Waals surface area contributed by atoms with Gasteiger partial charge in [0.2, 0.25) is 14.8 Å². The fourth-order valence-electron chi connectivity index (χ4n) is 1.35. The summed E-state index contributed by atoms with van der Waals surface area (Å²) in [6.45, 7) is 3.01. The summed E-state index contributed by atoms with van der Waals surface area (Å²) < 4.78 is 24.0. The molecule has 0 aliphatic rings. The minimum atomic E-state index is -3.64. The van der Waals surface area contributed by atoms with E-state index in [4.69, 9.17) is 5.11 Å². The number of nitrogens with one attached hydrogen (secondary N) is 1. The Labute approximate surface area is 120 Å². The largest absolute Gasteiger partial charge is 0.480 e. The summed E-state index contributed by atoms with van der Waals surface area (Å²) in [6, 6.07) is 5.02. The van der Waals surface area contributed by atoms with Gasteiger partial charge in [-0.05, 0) is 29.9 Å². The summed E-state index contributed by atoms with van der Waals surface area (Å²) in [6.07, 6.45) is 0. The molecule has 6 nitrogen and oxygen atoms in total. The number of aliphatic carboxylic acids is 1. The molecule has 110 valence electrons. The van der Waals surface area contributed by atoms with E-state index in [1.54, 1.807) is 12.1 Å². The highest BCUT2D eigenvalue weighted by Gasteiger charge is 2.23. The molecular weight excluding hydrogens is 302 g/mol. The van der Waals surface area contributed by atoms with Gasteiger partial charge >= 0.3 is 5.97 Å². The van der Waals surface area contributed by atoms with Crippen LogP contribution in [0.5, 0.6) is 0 Å². The highest BCUT2D eigenvalue weighted by molar-refractivity contribution is 8.72. The molecule has 20 heavy (non-hydrogen) atoms. The molecule has 1 atom stereocenters. The predicted octanol–water partition coefficient (Wildman–Crippen LogP) is 1.01. The molecule has 0 bridgehead atoms. The van der Waals surface area contributed by atoms with Crippen molar-refractivity contribution in [3.63, 3.8) is 0 Å². The molecule has 0 radical (unpaired) electrons. The second-order valence-electron chi connectivity index (χ2n) is 4.14. The number of benzene rings is 1. The van der Waals surface area contributed by atoms with Gasteiger partial charge in [-0.15, -0.1) is 0 Å². The Morgan fingerprint density at radius 2 is 1.85 bits per heavy atom. The quantitative estimate of drug-likeness (QED) is 0.759. The first kappa shape index (κ1) is 16.5. The van der Waals surface area contributed by atoms with Gasteiger partial charge < -0.3 is 10.4 Å². The van der Waals surface area contributed by atoms with Crippen molar-refractivity contribution in [1.82, 2.24) is 5.32 Å². The van der Waals surface area contributed by atoms with E-state index in [9.17, 15) is 18.0 Å². The van der Waals surface area contributed by atoms with Crippen molar-refractivity contribution in [3.05, 3.63) is 29.8 Å². The van der Waals surface area contributed by atoms with Crippen LogP contribution in [0.3, 0.4) is 0 Å². The topological polar surface area (TPSA) is 101 Å². The Kier molecular flexibility index (Phi) is 5.58. The van der Waals surface area contributed by atoms with E-state index >= 15 is 0 Å². The second kappa shape index (κ2) is 6.76. The maximum absolute atomic E-state index is 12.0. The van der Waals surface area contributed by atoms with Gasteiger partial charge in [-0.1, -0.05) is 17.7 Å². The smallest absolute Gasteiger partial charge is 0.327 e. The lowest BCUT2D eigenvalue weighted by atomic mass is 10.2. The van der Waals surface area contributed by atoms with Gasteiger partial charge in [0.05, 0.1) is 4.90 Å². The molecule has 0 heterocycles. The number of rotatable bonds is 6. The maximum atomic E-state index is 12.0. The van der Waals surface area contributed by atoms with E-state index in [0.717, 1.165) is 5.56 Å². The maximum Gasteiger partial charge on any atom is 0.327 e. The average molecular weight is 317 g/mol. The summed E-state index contributed by atoms with van der Waals surface area (Å²) in [5.74, 6) is -2.05. The summed E-state index contributed by atoms with van der Waals surface area (Å²) in [5.41, 5.74) is 0.926. The number of hydrogen-bond acceptors (Lipinski definition) is 5. The molecular formula is C12H15NO5S2. The number of hydrogen-bond donors (Lipinski definition) is 2. The minimum Gasteiger partial charge on any atom is -0.480 e. The third-order valence-electron chi connectivity index (χ3n) is 2.38. The molecule has 8 heteroatoms. The van der Waals surface area contributed by atoms with Crippen molar-refractivity contribution in [1.29, 1.82) is 0 Å². The van der Waals surface area contributed by atoms with Crippen LogP contribution in [-0.4, -0.2) is 37.2 Å². The Balaban J connectivity index is 2.78. The number of carbonyl (C=O) groups excluding carboxylic acids is 1. The Hall–Kier alpha value is -1.54. The summed E-state index contributed by atoms with van der Waals surface area (Å²) in [5, 5.41) is 11.1. The molecule has 1 unspecified atom stereocenters. The van der Waals surface area contributed by atoms with Gasteiger partial charge in [-0.2, -0.15) is 0 Å². The molecule has 1 aromatic carbocycles. The highest BCUT2D eigenvalue weighted by Crippen LogP contribution is 2.24. The third kappa shape index (κ3) is 4.86. The van der Waals surface area contributed by atoms with Crippen molar-refractivity contribution in [2.24, 2.45) is 0 Å². The monoisotopic (exact) mass is 317 g/mol. The van der Waals surface area contributed by atoms with Crippen LogP contribution in [0.2, 0.25) is 0 Å². The zero-order chi connectivity index (χ0) is 15.3. The lowest BCUT2D eigenvalue weighted by molar-refractivity contribution is -0.140. The van der Waals surface area contributed by atoms with Gasteiger partial charge in [0.25, 0.3) is 0 Å². The highest BCUT2D eigenvalue weighted by atomic mass is 33.1. The van der Waals surface area contributed by atoms with Gasteiger partial charge in [0, 0.05) is 12.7 Å². The summed E-state index contributed by atoms with van der Waals surface area (Å²) >= 11 is 0. The lowest BCUT2D eigenvalue weighted by Gasteiger charge is -2.12. The van der Waals surface area contributed by atoms with Crippen molar-refractivity contribution < 1.29 is 23.1 Å². The van der Waals surface area contributed by atoms with Gasteiger partial charge in [-0.25, -0.2) is 13.2 Å². The Morgan fingerprint density at radius 1 is 1.30 bits per heavy atom. The van der Waals surface area contributed by atoms with Gasteiger partial charge in [0.15, 0.2) is 0 Å². The molecule has 0 spiro atoms. The van der Waals surface area contributed by atoms with E-state index in [0.29, 0.717) is 10.8 Å². The predicted molar refractivity (Wildman–Crippen MR) is 76.1 cm³/mol. The van der Waals surface area contributed by atoms with Crippen LogP contribution in [0.25, 0.3) is 0 Å². The van der Waals surface area contributed by atoms with Crippen LogP contribution >= 0.6 is 10.8 Å². The third-order valence-corrected chi connectivity index (χ3v) is 5.92. The van der Waals surface area contributed by atoms with Crippen molar-refractivity contribution in [2.75, 3.05) is 5.75 Å². The molecule has 0 saturated heterocycles. The molecule has 0 aliphatic heterocycles. The first-order valence-corrected chi connectivity index (χ1v) is 8.67. The van der Waals surface area contributed by atoms with E-state index < -0.39 is 26.8 Å². The number of carbonyl (C=O) groups is 2. The average Bonchev–Trinajstić information content (AvgIpc) is 2.34. The number of aryl methyl sites for hydroxylation is 1. The van der Waals surface area contributed by atoms with Crippen LogP contribution in [0.4, 0.5) is 0 Å². The summed E-state index contributed by atoms with van der Waals surface area (Å²) in [4.78, 5) is 21.9. The molecule has 1 rings (SSSR count). The molecule has 1 aromatic rings. The van der Waals surface area contributed by atoms with Crippen LogP contribution in [0.1, 0.15) is 12.5 Å². The van der Waals surface area contributed by atoms with Gasteiger partial charge in [-0.3, -0.25) is 4.79 Å².